The summed E-state index contributed by atoms with van der Waals surface area (Å²) in [5, 5.41) is 1.12. The van der Waals surface area contributed by atoms with E-state index in [0.29, 0.717) is 0 Å². The Kier molecular flexibility index (Phi) is 2.11. The van der Waals surface area contributed by atoms with Crippen LogP contribution in [-0.2, 0) is 0 Å². The second kappa shape index (κ2) is 3.74. The van der Waals surface area contributed by atoms with Gasteiger partial charge in [-0.1, -0.05) is 24.3 Å². The summed E-state index contributed by atoms with van der Waals surface area (Å²) in [7, 11) is 0. The number of fused-ring (bicyclic) bond motifs is 1. The average molecular weight is 205 g/mol. The molecule has 2 aromatic heterocycles. The molecule has 2 heterocycles. The van der Waals surface area contributed by atoms with E-state index in [-0.39, 0.29) is 0 Å². The highest BCUT2D eigenvalue weighted by atomic mass is 14.7. The van der Waals surface area contributed by atoms with Crippen molar-refractivity contribution in [1.29, 1.82) is 0 Å². The number of benzene rings is 1. The van der Waals surface area contributed by atoms with E-state index in [4.69, 9.17) is 0 Å². The van der Waals surface area contributed by atoms with Crippen LogP contribution >= 0.6 is 0 Å². The molecular formula is C14H9N2. The molecule has 2 nitrogen and oxygen atoms in total. The van der Waals surface area contributed by atoms with Crippen LogP contribution in [0.25, 0.3) is 22.2 Å². The SMILES string of the molecule is [c]1cccnc1-c1cnc2ccccc2c1. The van der Waals surface area contributed by atoms with Crippen LogP contribution in [0, 0.1) is 6.07 Å². The lowest BCUT2D eigenvalue weighted by Crippen LogP contribution is -1.85. The Bertz CT molecular complexity index is 618. The molecule has 16 heavy (non-hydrogen) atoms. The third-order valence-corrected chi connectivity index (χ3v) is 2.47. The van der Waals surface area contributed by atoms with Gasteiger partial charge in [-0.2, -0.15) is 0 Å². The van der Waals surface area contributed by atoms with Crippen LogP contribution < -0.4 is 0 Å². The van der Waals surface area contributed by atoms with Crippen LogP contribution in [0.4, 0.5) is 0 Å². The summed E-state index contributed by atoms with van der Waals surface area (Å²) < 4.78 is 0. The molecule has 0 atom stereocenters. The summed E-state index contributed by atoms with van der Waals surface area (Å²) in [5.74, 6) is 0. The molecule has 0 amide bonds. The third-order valence-electron chi connectivity index (χ3n) is 2.47. The van der Waals surface area contributed by atoms with Gasteiger partial charge < -0.3 is 0 Å². The number of para-hydroxylation sites is 1. The minimum atomic E-state index is 0.834. The number of pyridine rings is 2. The van der Waals surface area contributed by atoms with Crippen LogP contribution in [-0.4, -0.2) is 9.97 Å². The van der Waals surface area contributed by atoms with Crippen molar-refractivity contribution in [3.8, 4) is 11.3 Å². The summed E-state index contributed by atoms with van der Waals surface area (Å²) in [6.45, 7) is 0. The van der Waals surface area contributed by atoms with E-state index < -0.39 is 0 Å². The maximum Gasteiger partial charge on any atom is 0.0796 e. The highest BCUT2D eigenvalue weighted by molar-refractivity contribution is 5.82. The Morgan fingerprint density at radius 1 is 1.00 bits per heavy atom. The first-order valence-corrected chi connectivity index (χ1v) is 5.11. The van der Waals surface area contributed by atoms with Crippen LogP contribution in [0.1, 0.15) is 0 Å². The van der Waals surface area contributed by atoms with E-state index in [9.17, 15) is 0 Å². The molecular weight excluding hydrogens is 196 g/mol. The summed E-state index contributed by atoms with van der Waals surface area (Å²) in [6, 6.07) is 16.9. The van der Waals surface area contributed by atoms with Gasteiger partial charge in [0, 0.05) is 29.4 Å². The number of nitrogens with zero attached hydrogens (tertiary/aromatic N) is 2. The van der Waals surface area contributed by atoms with Gasteiger partial charge in [0.15, 0.2) is 0 Å². The molecule has 0 aliphatic heterocycles. The standard InChI is InChI=1S/C14H9N2/c1-2-6-13-11(5-1)9-12(10-16-13)14-7-3-4-8-15-14/h1-6,8-10H. The van der Waals surface area contributed by atoms with Gasteiger partial charge in [0.1, 0.15) is 0 Å². The molecule has 3 rings (SSSR count). The van der Waals surface area contributed by atoms with Crippen LogP contribution in [0.5, 0.6) is 0 Å². The first kappa shape index (κ1) is 9.04. The fourth-order valence-corrected chi connectivity index (χ4v) is 1.68. The molecule has 75 valence electrons. The van der Waals surface area contributed by atoms with Crippen molar-refractivity contribution in [2.24, 2.45) is 0 Å². The largest absolute Gasteiger partial charge is 0.256 e. The quantitative estimate of drug-likeness (QED) is 0.610. The second-order valence-corrected chi connectivity index (χ2v) is 3.55. The van der Waals surface area contributed by atoms with Gasteiger partial charge in [0.25, 0.3) is 0 Å². The normalized spacial score (nSPS) is 10.5. The fourth-order valence-electron chi connectivity index (χ4n) is 1.68. The molecule has 0 N–H and O–H groups in total. The van der Waals surface area contributed by atoms with Crippen molar-refractivity contribution in [2.75, 3.05) is 0 Å². The van der Waals surface area contributed by atoms with E-state index in [0.717, 1.165) is 22.2 Å². The molecule has 0 unspecified atom stereocenters. The summed E-state index contributed by atoms with van der Waals surface area (Å²) >= 11 is 0. The molecule has 2 heteroatoms. The van der Waals surface area contributed by atoms with Gasteiger partial charge in [-0.25, -0.2) is 0 Å². The molecule has 0 saturated carbocycles. The van der Waals surface area contributed by atoms with Gasteiger partial charge in [-0.3, -0.25) is 9.97 Å². The van der Waals surface area contributed by atoms with Gasteiger partial charge in [-0.05, 0) is 18.2 Å². The molecule has 0 aliphatic carbocycles. The van der Waals surface area contributed by atoms with Gasteiger partial charge in [0.05, 0.1) is 11.2 Å². The fraction of sp³-hybridized carbons (Fsp3) is 0. The van der Waals surface area contributed by atoms with E-state index in [1.807, 2.05) is 36.5 Å². The van der Waals surface area contributed by atoms with Crippen molar-refractivity contribution in [3.05, 3.63) is 60.9 Å². The number of hydrogen-bond donors (Lipinski definition) is 0. The zero-order valence-corrected chi connectivity index (χ0v) is 8.59. The molecule has 3 aromatic rings. The second-order valence-electron chi connectivity index (χ2n) is 3.55. The minimum absolute atomic E-state index is 0.834. The van der Waals surface area contributed by atoms with Gasteiger partial charge in [-0.15, -0.1) is 0 Å². The first-order valence-electron chi connectivity index (χ1n) is 5.11. The Morgan fingerprint density at radius 3 is 2.81 bits per heavy atom. The first-order chi connectivity index (χ1) is 7.93. The minimum Gasteiger partial charge on any atom is -0.256 e. The van der Waals surface area contributed by atoms with Crippen molar-refractivity contribution in [2.45, 2.75) is 0 Å². The zero-order valence-electron chi connectivity index (χ0n) is 8.59. The molecule has 0 spiro atoms. The van der Waals surface area contributed by atoms with E-state index in [1.54, 1.807) is 6.20 Å². The summed E-state index contributed by atoms with van der Waals surface area (Å²) in [5.41, 5.74) is 2.84. The molecule has 0 bridgehead atoms. The molecule has 1 aromatic carbocycles. The van der Waals surface area contributed by atoms with E-state index in [2.05, 4.69) is 28.2 Å². The number of hydrogen-bond acceptors (Lipinski definition) is 2. The molecule has 0 fully saturated rings. The van der Waals surface area contributed by atoms with Crippen molar-refractivity contribution in [3.63, 3.8) is 0 Å². The molecule has 0 aliphatic rings. The van der Waals surface area contributed by atoms with Crippen LogP contribution in [0.15, 0.2) is 54.9 Å². The van der Waals surface area contributed by atoms with E-state index in [1.165, 1.54) is 0 Å². The predicted octanol–water partition coefficient (Wildman–Crippen LogP) is 3.10. The van der Waals surface area contributed by atoms with Gasteiger partial charge >= 0.3 is 0 Å². The van der Waals surface area contributed by atoms with E-state index >= 15 is 0 Å². The monoisotopic (exact) mass is 205 g/mol. The highest BCUT2D eigenvalue weighted by Gasteiger charge is 2.00. The van der Waals surface area contributed by atoms with Crippen molar-refractivity contribution in [1.82, 2.24) is 9.97 Å². The molecule has 1 radical (unpaired) electrons. The lowest BCUT2D eigenvalue weighted by atomic mass is 10.1. The van der Waals surface area contributed by atoms with Crippen LogP contribution in [0.3, 0.4) is 0 Å². The highest BCUT2D eigenvalue weighted by Crippen LogP contribution is 2.19. The lowest BCUT2D eigenvalue weighted by Gasteiger charge is -2.01. The molecule has 0 saturated heterocycles. The smallest absolute Gasteiger partial charge is 0.0796 e. The number of aromatic nitrogens is 2. The maximum absolute atomic E-state index is 4.40. The van der Waals surface area contributed by atoms with Crippen LogP contribution in [0.2, 0.25) is 0 Å². The Balaban J connectivity index is 2.19. The van der Waals surface area contributed by atoms with Gasteiger partial charge in [0.2, 0.25) is 0 Å². The summed E-state index contributed by atoms with van der Waals surface area (Å²) in [6.07, 6.45) is 3.60. The van der Waals surface area contributed by atoms with Crippen molar-refractivity contribution < 1.29 is 0 Å². The summed E-state index contributed by atoms with van der Waals surface area (Å²) in [4.78, 5) is 8.66. The Labute approximate surface area is 93.6 Å². The average Bonchev–Trinajstić information content (AvgIpc) is 2.39. The lowest BCUT2D eigenvalue weighted by molar-refractivity contribution is 1.30. The zero-order chi connectivity index (χ0) is 10.8. The van der Waals surface area contributed by atoms with Crippen molar-refractivity contribution >= 4 is 10.9 Å². The third kappa shape index (κ3) is 1.54. The number of rotatable bonds is 1. The Morgan fingerprint density at radius 2 is 1.94 bits per heavy atom. The Hall–Kier alpha value is -2.22. The topological polar surface area (TPSA) is 25.8 Å². The predicted molar refractivity (Wildman–Crippen MR) is 63.8 cm³/mol. The maximum atomic E-state index is 4.40.